The lowest BCUT2D eigenvalue weighted by atomic mass is 10.0. The number of ether oxygens (including phenoxy) is 1. The van der Waals surface area contributed by atoms with Gasteiger partial charge >= 0.3 is 0 Å². The normalized spacial score (nSPS) is 16.0. The molecule has 0 aromatic carbocycles. The van der Waals surface area contributed by atoms with Gasteiger partial charge in [-0.15, -0.1) is 0 Å². The fourth-order valence-corrected chi connectivity index (χ4v) is 2.46. The second kappa shape index (κ2) is 6.53. The number of carbonyl (C=O) groups is 1. The van der Waals surface area contributed by atoms with Gasteiger partial charge in [0.05, 0.1) is 11.9 Å². The summed E-state index contributed by atoms with van der Waals surface area (Å²) in [5.74, 6) is 0.496. The minimum atomic E-state index is -0.107. The first-order valence-electron chi connectivity index (χ1n) is 7.17. The zero-order valence-corrected chi connectivity index (χ0v) is 11.8. The Balaban J connectivity index is 1.51. The highest BCUT2D eigenvalue weighted by Gasteiger charge is 2.15. The Morgan fingerprint density at radius 1 is 1.33 bits per heavy atom. The monoisotopic (exact) mass is 289 g/mol. The summed E-state index contributed by atoms with van der Waals surface area (Å²) in [7, 11) is 0. The van der Waals surface area contributed by atoms with Crippen LogP contribution >= 0.6 is 0 Å². The molecule has 3 heterocycles. The van der Waals surface area contributed by atoms with Crippen LogP contribution in [0.25, 0.3) is 0 Å². The first kappa shape index (κ1) is 13.8. The number of nitrogens with one attached hydrogen (secondary N) is 1. The van der Waals surface area contributed by atoms with Crippen molar-refractivity contribution >= 4 is 11.6 Å². The summed E-state index contributed by atoms with van der Waals surface area (Å²) in [6, 6.07) is 1.79. The number of rotatable bonds is 5. The standard InChI is InChI=1S/C14H19N5O2/c20-14(11-18-5-1-4-15-18)17-13-8-16-19(10-13)9-12-2-6-21-7-3-12/h1,4-5,8,10,12H,2-3,6-7,9,11H2,(H,17,20). The second-order valence-corrected chi connectivity index (χ2v) is 5.26. The summed E-state index contributed by atoms with van der Waals surface area (Å²) in [5, 5.41) is 11.1. The Labute approximate surface area is 122 Å². The molecule has 3 rings (SSSR count). The maximum absolute atomic E-state index is 11.9. The third-order valence-corrected chi connectivity index (χ3v) is 3.57. The third-order valence-electron chi connectivity index (χ3n) is 3.57. The largest absolute Gasteiger partial charge is 0.381 e. The average Bonchev–Trinajstić information content (AvgIpc) is 3.12. The van der Waals surface area contributed by atoms with E-state index in [0.717, 1.165) is 38.3 Å². The third kappa shape index (κ3) is 3.91. The predicted molar refractivity (Wildman–Crippen MR) is 76.6 cm³/mol. The van der Waals surface area contributed by atoms with Gasteiger partial charge in [0.1, 0.15) is 6.54 Å². The first-order chi connectivity index (χ1) is 10.3. The van der Waals surface area contributed by atoms with Gasteiger partial charge in [-0.25, -0.2) is 0 Å². The van der Waals surface area contributed by atoms with Crippen LogP contribution in [0.3, 0.4) is 0 Å². The van der Waals surface area contributed by atoms with Crippen LogP contribution < -0.4 is 5.32 Å². The highest BCUT2D eigenvalue weighted by Crippen LogP contribution is 2.17. The summed E-state index contributed by atoms with van der Waals surface area (Å²) >= 11 is 0. The van der Waals surface area contributed by atoms with Gasteiger partial charge in [-0.05, 0) is 24.8 Å². The van der Waals surface area contributed by atoms with Gasteiger partial charge in [0.15, 0.2) is 0 Å². The summed E-state index contributed by atoms with van der Waals surface area (Å²) in [6.07, 6.45) is 9.10. The first-order valence-corrected chi connectivity index (χ1v) is 7.17. The van der Waals surface area contributed by atoms with Crippen molar-refractivity contribution in [2.24, 2.45) is 5.92 Å². The number of nitrogens with zero attached hydrogens (tertiary/aromatic N) is 4. The van der Waals surface area contributed by atoms with Crippen LogP contribution in [-0.2, 0) is 22.6 Å². The second-order valence-electron chi connectivity index (χ2n) is 5.26. The molecule has 0 unspecified atom stereocenters. The summed E-state index contributed by atoms with van der Waals surface area (Å²) in [6.45, 7) is 2.75. The predicted octanol–water partition coefficient (Wildman–Crippen LogP) is 1.14. The minimum Gasteiger partial charge on any atom is -0.381 e. The lowest BCUT2D eigenvalue weighted by Crippen LogP contribution is -2.20. The van der Waals surface area contributed by atoms with Gasteiger partial charge in [0.25, 0.3) is 0 Å². The highest BCUT2D eigenvalue weighted by molar-refractivity contribution is 5.90. The van der Waals surface area contributed by atoms with Crippen LogP contribution in [-0.4, -0.2) is 38.7 Å². The lowest BCUT2D eigenvalue weighted by Gasteiger charge is -2.21. The van der Waals surface area contributed by atoms with Crippen LogP contribution in [0.15, 0.2) is 30.9 Å². The molecule has 112 valence electrons. The smallest absolute Gasteiger partial charge is 0.246 e. The Morgan fingerprint density at radius 3 is 2.95 bits per heavy atom. The molecule has 0 radical (unpaired) electrons. The van der Waals surface area contributed by atoms with Gasteiger partial charge in [0.2, 0.25) is 5.91 Å². The molecule has 2 aromatic rings. The van der Waals surface area contributed by atoms with Crippen LogP contribution in [0.2, 0.25) is 0 Å². The Morgan fingerprint density at radius 2 is 2.19 bits per heavy atom. The van der Waals surface area contributed by atoms with Crippen molar-refractivity contribution in [2.45, 2.75) is 25.9 Å². The summed E-state index contributed by atoms with van der Waals surface area (Å²) < 4.78 is 8.82. The van der Waals surface area contributed by atoms with Gasteiger partial charge in [-0.3, -0.25) is 14.2 Å². The van der Waals surface area contributed by atoms with Crippen LogP contribution in [0.4, 0.5) is 5.69 Å². The number of hydrogen-bond acceptors (Lipinski definition) is 4. The van der Waals surface area contributed by atoms with E-state index in [1.807, 2.05) is 10.9 Å². The average molecular weight is 289 g/mol. The zero-order chi connectivity index (χ0) is 14.5. The van der Waals surface area contributed by atoms with Crippen molar-refractivity contribution in [1.29, 1.82) is 0 Å². The maximum atomic E-state index is 11.9. The van der Waals surface area contributed by atoms with Gasteiger partial charge in [-0.2, -0.15) is 10.2 Å². The molecular weight excluding hydrogens is 270 g/mol. The number of anilines is 1. The molecule has 1 saturated heterocycles. The number of aromatic nitrogens is 4. The molecule has 1 fully saturated rings. The van der Waals surface area contributed by atoms with E-state index in [2.05, 4.69) is 15.5 Å². The van der Waals surface area contributed by atoms with E-state index in [-0.39, 0.29) is 12.5 Å². The number of carbonyl (C=O) groups excluding carboxylic acids is 1. The van der Waals surface area contributed by atoms with Gasteiger partial charge in [0, 0.05) is 38.3 Å². The Kier molecular flexibility index (Phi) is 4.30. The maximum Gasteiger partial charge on any atom is 0.246 e. The van der Waals surface area contributed by atoms with E-state index in [1.165, 1.54) is 0 Å². The molecule has 0 aliphatic carbocycles. The van der Waals surface area contributed by atoms with E-state index >= 15 is 0 Å². The quantitative estimate of drug-likeness (QED) is 0.896. The topological polar surface area (TPSA) is 74.0 Å². The Bertz CT molecular complexity index is 572. The number of amides is 1. The molecule has 7 nitrogen and oxygen atoms in total. The highest BCUT2D eigenvalue weighted by atomic mass is 16.5. The van der Waals surface area contributed by atoms with E-state index < -0.39 is 0 Å². The van der Waals surface area contributed by atoms with Crippen molar-refractivity contribution in [3.8, 4) is 0 Å². The fourth-order valence-electron chi connectivity index (χ4n) is 2.46. The van der Waals surface area contributed by atoms with Crippen molar-refractivity contribution in [3.05, 3.63) is 30.9 Å². The molecular formula is C14H19N5O2. The van der Waals surface area contributed by atoms with Crippen molar-refractivity contribution < 1.29 is 9.53 Å². The van der Waals surface area contributed by atoms with Crippen molar-refractivity contribution in [2.75, 3.05) is 18.5 Å². The van der Waals surface area contributed by atoms with E-state index in [0.29, 0.717) is 5.92 Å². The lowest BCUT2D eigenvalue weighted by molar-refractivity contribution is -0.116. The van der Waals surface area contributed by atoms with E-state index in [9.17, 15) is 4.79 Å². The van der Waals surface area contributed by atoms with Crippen LogP contribution in [0.5, 0.6) is 0 Å². The molecule has 1 amide bonds. The SMILES string of the molecule is O=C(Cn1cccn1)Nc1cnn(CC2CCOCC2)c1. The molecule has 7 heteroatoms. The molecule has 0 bridgehead atoms. The number of hydrogen-bond donors (Lipinski definition) is 1. The molecule has 21 heavy (non-hydrogen) atoms. The minimum absolute atomic E-state index is 0.107. The molecule has 0 spiro atoms. The van der Waals surface area contributed by atoms with Gasteiger partial charge < -0.3 is 10.1 Å². The van der Waals surface area contributed by atoms with Crippen LogP contribution in [0.1, 0.15) is 12.8 Å². The molecule has 1 N–H and O–H groups in total. The van der Waals surface area contributed by atoms with Crippen LogP contribution in [0, 0.1) is 5.92 Å². The van der Waals surface area contributed by atoms with E-state index in [1.54, 1.807) is 29.3 Å². The molecule has 0 atom stereocenters. The zero-order valence-electron chi connectivity index (χ0n) is 11.8. The molecule has 1 aliphatic heterocycles. The summed E-state index contributed by atoms with van der Waals surface area (Å²) in [4.78, 5) is 11.9. The fraction of sp³-hybridized carbons (Fsp3) is 0.500. The van der Waals surface area contributed by atoms with Gasteiger partial charge in [-0.1, -0.05) is 0 Å². The van der Waals surface area contributed by atoms with Crippen molar-refractivity contribution in [3.63, 3.8) is 0 Å². The van der Waals surface area contributed by atoms with E-state index in [4.69, 9.17) is 4.74 Å². The summed E-state index contributed by atoms with van der Waals surface area (Å²) in [5.41, 5.74) is 0.721. The molecule has 0 saturated carbocycles. The Hall–Kier alpha value is -2.15. The molecule has 2 aromatic heterocycles. The van der Waals surface area contributed by atoms with Crippen molar-refractivity contribution in [1.82, 2.24) is 19.6 Å². The molecule has 1 aliphatic rings.